The van der Waals surface area contributed by atoms with E-state index in [-0.39, 0.29) is 29.2 Å². The van der Waals surface area contributed by atoms with Gasteiger partial charge in [0.15, 0.2) is 0 Å². The molecule has 1 N–H and O–H groups in total. The molecule has 6 rings (SSSR count). The molecule has 9 heteroatoms. The maximum Gasteiger partial charge on any atom is 0.271 e. The molecule has 2 aromatic carbocycles. The lowest BCUT2D eigenvalue weighted by molar-refractivity contribution is -0.384. The highest BCUT2D eigenvalue weighted by Crippen LogP contribution is 2.60. The van der Waals surface area contributed by atoms with Crippen LogP contribution >= 0.6 is 0 Å². The van der Waals surface area contributed by atoms with E-state index >= 15 is 0 Å². The van der Waals surface area contributed by atoms with Crippen LogP contribution in [0.3, 0.4) is 0 Å². The molecule has 4 atom stereocenters. The summed E-state index contributed by atoms with van der Waals surface area (Å²) in [6.45, 7) is 2.67. The Kier molecular flexibility index (Phi) is 4.08. The van der Waals surface area contributed by atoms with Gasteiger partial charge in [0.25, 0.3) is 5.69 Å². The van der Waals surface area contributed by atoms with Crippen molar-refractivity contribution in [3.05, 3.63) is 63.7 Å². The Morgan fingerprint density at radius 3 is 2.73 bits per heavy atom. The molecule has 3 saturated heterocycles. The smallest absolute Gasteiger partial charge is 0.271 e. The quantitative estimate of drug-likeness (QED) is 0.441. The summed E-state index contributed by atoms with van der Waals surface area (Å²) in [6.07, 6.45) is 2.34. The number of nitro groups is 1. The van der Waals surface area contributed by atoms with E-state index in [0.29, 0.717) is 12.2 Å². The van der Waals surface area contributed by atoms with Gasteiger partial charge >= 0.3 is 0 Å². The largest absolute Gasteiger partial charge is 0.324 e. The highest BCUT2D eigenvalue weighted by molar-refractivity contribution is 6.26. The molecule has 2 aromatic rings. The van der Waals surface area contributed by atoms with Crippen molar-refractivity contribution in [3.8, 4) is 0 Å². The van der Waals surface area contributed by atoms with E-state index in [0.717, 1.165) is 35.3 Å². The second-order valence-electron chi connectivity index (χ2n) is 9.15. The SMILES string of the molecule is CCc1ccc2c(c1)[C@]1(C(=O)N2)[C@H]2C(=O)N(c3cccc([N+](=O)[O-])c3)C(=O)[C@@H]2[C@H]2CCCN21. The molecule has 0 aromatic heterocycles. The minimum Gasteiger partial charge on any atom is -0.324 e. The fraction of sp³-hybridized carbons (Fsp3) is 0.375. The van der Waals surface area contributed by atoms with E-state index in [1.54, 1.807) is 0 Å². The first-order chi connectivity index (χ1) is 15.9. The van der Waals surface area contributed by atoms with Crippen LogP contribution in [0.1, 0.15) is 30.9 Å². The van der Waals surface area contributed by atoms with Gasteiger partial charge in [-0.05, 0) is 43.5 Å². The monoisotopic (exact) mass is 446 g/mol. The number of nitrogens with one attached hydrogen (secondary N) is 1. The average molecular weight is 446 g/mol. The number of benzene rings is 2. The van der Waals surface area contributed by atoms with Crippen molar-refractivity contribution in [2.75, 3.05) is 16.8 Å². The summed E-state index contributed by atoms with van der Waals surface area (Å²) in [6, 6.07) is 11.2. The number of imide groups is 1. The maximum atomic E-state index is 13.9. The lowest BCUT2D eigenvalue weighted by Crippen LogP contribution is -2.54. The Morgan fingerprint density at radius 2 is 1.97 bits per heavy atom. The Hall–Kier alpha value is -3.59. The zero-order valence-corrected chi connectivity index (χ0v) is 18.0. The summed E-state index contributed by atoms with van der Waals surface area (Å²) in [4.78, 5) is 55.1. The van der Waals surface area contributed by atoms with Crippen molar-refractivity contribution in [1.29, 1.82) is 0 Å². The molecule has 3 amide bonds. The van der Waals surface area contributed by atoms with Crippen LogP contribution in [0.15, 0.2) is 42.5 Å². The van der Waals surface area contributed by atoms with Crippen molar-refractivity contribution in [2.24, 2.45) is 11.8 Å². The number of non-ortho nitro benzene ring substituents is 1. The Balaban J connectivity index is 1.54. The van der Waals surface area contributed by atoms with Crippen LogP contribution in [0.2, 0.25) is 0 Å². The maximum absolute atomic E-state index is 13.9. The zero-order valence-electron chi connectivity index (χ0n) is 18.0. The fourth-order valence-corrected chi connectivity index (χ4v) is 6.47. The number of hydrogen-bond donors (Lipinski definition) is 1. The highest BCUT2D eigenvalue weighted by atomic mass is 16.6. The van der Waals surface area contributed by atoms with E-state index in [9.17, 15) is 24.5 Å². The van der Waals surface area contributed by atoms with Gasteiger partial charge in [-0.2, -0.15) is 0 Å². The van der Waals surface area contributed by atoms with Gasteiger partial charge in [-0.3, -0.25) is 29.4 Å². The minimum absolute atomic E-state index is 0.175. The number of nitro benzene ring substituents is 1. The first kappa shape index (κ1) is 20.0. The molecule has 4 aliphatic rings. The van der Waals surface area contributed by atoms with Gasteiger partial charge < -0.3 is 5.32 Å². The Bertz CT molecular complexity index is 1260. The summed E-state index contributed by atoms with van der Waals surface area (Å²) in [7, 11) is 0. The highest BCUT2D eigenvalue weighted by Gasteiger charge is 2.74. The molecule has 4 aliphatic heterocycles. The number of aryl methyl sites for hydroxylation is 1. The molecule has 9 nitrogen and oxygen atoms in total. The molecule has 1 spiro atoms. The number of hydrogen-bond acceptors (Lipinski definition) is 6. The van der Waals surface area contributed by atoms with Crippen molar-refractivity contribution >= 4 is 34.8 Å². The van der Waals surface area contributed by atoms with Crippen LogP contribution in [0, 0.1) is 22.0 Å². The number of amides is 3. The molecule has 0 unspecified atom stereocenters. The van der Waals surface area contributed by atoms with Gasteiger partial charge in [0, 0.05) is 29.4 Å². The number of nitrogens with zero attached hydrogens (tertiary/aromatic N) is 3. The predicted molar refractivity (Wildman–Crippen MR) is 118 cm³/mol. The summed E-state index contributed by atoms with van der Waals surface area (Å²) < 4.78 is 0. The summed E-state index contributed by atoms with van der Waals surface area (Å²) in [5, 5.41) is 14.2. The van der Waals surface area contributed by atoms with Crippen LogP contribution in [0.25, 0.3) is 0 Å². The second kappa shape index (κ2) is 6.71. The molecule has 168 valence electrons. The summed E-state index contributed by atoms with van der Waals surface area (Å²) in [5.41, 5.74) is 1.23. The second-order valence-corrected chi connectivity index (χ2v) is 9.15. The normalized spacial score (nSPS) is 30.0. The standard InChI is InChI=1S/C24H22N4O5/c1-2-13-8-9-17-16(11-13)24(23(31)25-17)20-19(18-7-4-10-26(18)24)21(29)27(22(20)30)14-5-3-6-15(12-14)28(32)33/h3,5-6,8-9,11-12,18-20H,2,4,7,10H2,1H3,(H,25,31)/t18-,19-,20-,24-/m1/s1. The van der Waals surface area contributed by atoms with Gasteiger partial charge in [0.2, 0.25) is 17.7 Å². The summed E-state index contributed by atoms with van der Waals surface area (Å²) in [5.74, 6) is -2.66. The lowest BCUT2D eigenvalue weighted by Gasteiger charge is -2.36. The predicted octanol–water partition coefficient (Wildman–Crippen LogP) is 2.59. The lowest BCUT2D eigenvalue weighted by atomic mass is 9.75. The van der Waals surface area contributed by atoms with Crippen molar-refractivity contribution in [1.82, 2.24) is 4.90 Å². The number of rotatable bonds is 3. The first-order valence-electron chi connectivity index (χ1n) is 11.2. The van der Waals surface area contributed by atoms with Crippen LogP contribution in [0.4, 0.5) is 17.1 Å². The third-order valence-electron chi connectivity index (χ3n) is 7.76. The molecular weight excluding hydrogens is 424 g/mol. The number of anilines is 2. The summed E-state index contributed by atoms with van der Waals surface area (Å²) >= 11 is 0. The Labute approximate surface area is 189 Å². The third kappa shape index (κ3) is 2.37. The zero-order chi connectivity index (χ0) is 23.1. The van der Waals surface area contributed by atoms with E-state index in [1.807, 2.05) is 25.1 Å². The van der Waals surface area contributed by atoms with Crippen LogP contribution < -0.4 is 10.2 Å². The van der Waals surface area contributed by atoms with E-state index in [4.69, 9.17) is 0 Å². The Morgan fingerprint density at radius 1 is 1.15 bits per heavy atom. The fourth-order valence-electron chi connectivity index (χ4n) is 6.47. The minimum atomic E-state index is -1.24. The molecule has 0 bridgehead atoms. The number of carbonyl (C=O) groups excluding carboxylic acids is 3. The topological polar surface area (TPSA) is 113 Å². The molecule has 0 radical (unpaired) electrons. The van der Waals surface area contributed by atoms with Crippen LogP contribution in [-0.2, 0) is 26.3 Å². The van der Waals surface area contributed by atoms with Crippen molar-refractivity contribution in [3.63, 3.8) is 0 Å². The van der Waals surface area contributed by atoms with E-state index in [1.165, 1.54) is 24.3 Å². The van der Waals surface area contributed by atoms with Gasteiger partial charge in [-0.25, -0.2) is 4.90 Å². The third-order valence-corrected chi connectivity index (χ3v) is 7.76. The van der Waals surface area contributed by atoms with Crippen molar-refractivity contribution < 1.29 is 19.3 Å². The van der Waals surface area contributed by atoms with Crippen LogP contribution in [-0.4, -0.2) is 40.1 Å². The molecule has 4 heterocycles. The number of fused-ring (bicyclic) bond motifs is 7. The van der Waals surface area contributed by atoms with Gasteiger partial charge in [0.1, 0.15) is 5.54 Å². The number of carbonyl (C=O) groups is 3. The molecule has 3 fully saturated rings. The molecule has 0 saturated carbocycles. The van der Waals surface area contributed by atoms with Gasteiger partial charge in [0.05, 0.1) is 22.4 Å². The van der Waals surface area contributed by atoms with E-state index in [2.05, 4.69) is 10.2 Å². The van der Waals surface area contributed by atoms with Crippen LogP contribution in [0.5, 0.6) is 0 Å². The van der Waals surface area contributed by atoms with E-state index < -0.39 is 28.2 Å². The molecular formula is C24H22N4O5. The molecule has 33 heavy (non-hydrogen) atoms. The van der Waals surface area contributed by atoms with Gasteiger partial charge in [-0.1, -0.05) is 25.1 Å². The first-order valence-corrected chi connectivity index (χ1v) is 11.2. The average Bonchev–Trinajstić information content (AvgIpc) is 3.51. The van der Waals surface area contributed by atoms with Crippen molar-refractivity contribution in [2.45, 2.75) is 37.8 Å². The van der Waals surface area contributed by atoms with Gasteiger partial charge in [-0.15, -0.1) is 0 Å². The molecule has 0 aliphatic carbocycles.